The summed E-state index contributed by atoms with van der Waals surface area (Å²) in [4.78, 5) is 0. The largest absolute Gasteiger partial charge is 0.453 e. The van der Waals surface area contributed by atoms with Crippen LogP contribution >= 0.6 is 81.2 Å². The first-order valence-electron chi connectivity index (χ1n) is 5.06. The molecule has 1 aromatic heterocycles. The van der Waals surface area contributed by atoms with Gasteiger partial charge < -0.3 is 4.42 Å². The molecular formula is C12HCl7O. The van der Waals surface area contributed by atoms with E-state index >= 15 is 0 Å². The molecule has 0 saturated heterocycles. The predicted molar refractivity (Wildman–Crippen MR) is 88.8 cm³/mol. The fourth-order valence-electron chi connectivity index (χ4n) is 1.93. The number of benzene rings is 2. The molecule has 2 aromatic carbocycles. The maximum absolute atomic E-state index is 6.22. The van der Waals surface area contributed by atoms with E-state index in [9.17, 15) is 0 Å². The van der Waals surface area contributed by atoms with E-state index in [0.717, 1.165) is 0 Å². The Morgan fingerprint density at radius 2 is 1.10 bits per heavy atom. The van der Waals surface area contributed by atoms with Gasteiger partial charge in [-0.2, -0.15) is 0 Å². The zero-order valence-corrected chi connectivity index (χ0v) is 14.4. The Kier molecular flexibility index (Phi) is 3.92. The lowest BCUT2D eigenvalue weighted by molar-refractivity contribution is 0.669. The minimum atomic E-state index is 0.100. The quantitative estimate of drug-likeness (QED) is 0.270. The minimum absolute atomic E-state index is 0.100. The maximum Gasteiger partial charge on any atom is 0.157 e. The van der Waals surface area contributed by atoms with Crippen molar-refractivity contribution in [1.82, 2.24) is 0 Å². The molecule has 20 heavy (non-hydrogen) atoms. The summed E-state index contributed by atoms with van der Waals surface area (Å²) in [5, 5.41) is 2.20. The summed E-state index contributed by atoms with van der Waals surface area (Å²) in [5.74, 6) is 0. The monoisotopic (exact) mass is 406 g/mol. The van der Waals surface area contributed by atoms with Gasteiger partial charge in [0.05, 0.1) is 40.9 Å². The van der Waals surface area contributed by atoms with E-state index in [-0.39, 0.29) is 40.7 Å². The van der Waals surface area contributed by atoms with Crippen molar-refractivity contribution in [2.45, 2.75) is 0 Å². The lowest BCUT2D eigenvalue weighted by Crippen LogP contribution is -1.79. The molecular weight excluding hydrogens is 408 g/mol. The molecule has 0 bridgehead atoms. The second-order valence-electron chi connectivity index (χ2n) is 3.92. The SMILES string of the molecule is Clc1cc(Cl)c2oc3c(Cl)c(Cl)c(Cl)c(Cl)c3c2c1Cl. The highest BCUT2D eigenvalue weighted by atomic mass is 35.5. The van der Waals surface area contributed by atoms with Crippen LogP contribution in [0.5, 0.6) is 0 Å². The summed E-state index contributed by atoms with van der Waals surface area (Å²) in [7, 11) is 0. The molecule has 0 N–H and O–H groups in total. The molecule has 3 rings (SSSR count). The van der Waals surface area contributed by atoms with E-state index in [4.69, 9.17) is 85.6 Å². The number of halogens is 7. The number of hydrogen-bond acceptors (Lipinski definition) is 1. The second-order valence-corrected chi connectivity index (χ2v) is 6.62. The van der Waals surface area contributed by atoms with Crippen molar-refractivity contribution >= 4 is 103 Å². The van der Waals surface area contributed by atoms with Gasteiger partial charge in [0, 0.05) is 0 Å². The minimum Gasteiger partial charge on any atom is -0.453 e. The van der Waals surface area contributed by atoms with Crippen LogP contribution in [-0.4, -0.2) is 0 Å². The molecule has 0 fully saturated rings. The first-order chi connectivity index (χ1) is 9.34. The molecule has 0 aliphatic carbocycles. The Morgan fingerprint density at radius 3 is 1.75 bits per heavy atom. The first-order valence-corrected chi connectivity index (χ1v) is 7.70. The van der Waals surface area contributed by atoms with E-state index in [0.29, 0.717) is 16.4 Å². The van der Waals surface area contributed by atoms with Crippen molar-refractivity contribution in [3.05, 3.63) is 41.2 Å². The van der Waals surface area contributed by atoms with Crippen LogP contribution in [0.1, 0.15) is 0 Å². The van der Waals surface area contributed by atoms with Crippen LogP contribution in [-0.2, 0) is 0 Å². The third-order valence-corrected chi connectivity index (χ3v) is 5.66. The van der Waals surface area contributed by atoms with Gasteiger partial charge >= 0.3 is 0 Å². The topological polar surface area (TPSA) is 13.1 Å². The lowest BCUT2D eigenvalue weighted by Gasteiger charge is -2.04. The van der Waals surface area contributed by atoms with Crippen molar-refractivity contribution in [3.8, 4) is 0 Å². The van der Waals surface area contributed by atoms with Gasteiger partial charge in [-0.15, -0.1) is 0 Å². The molecule has 1 nitrogen and oxygen atoms in total. The summed E-state index contributed by atoms with van der Waals surface area (Å²) < 4.78 is 5.63. The van der Waals surface area contributed by atoms with Gasteiger partial charge in [-0.3, -0.25) is 0 Å². The normalized spacial score (nSPS) is 11.8. The van der Waals surface area contributed by atoms with Gasteiger partial charge in [-0.1, -0.05) is 81.2 Å². The van der Waals surface area contributed by atoms with Crippen molar-refractivity contribution < 1.29 is 4.42 Å². The fraction of sp³-hybridized carbons (Fsp3) is 0. The summed E-state index contributed by atoms with van der Waals surface area (Å²) in [6.45, 7) is 0. The first kappa shape index (κ1) is 15.2. The van der Waals surface area contributed by atoms with Crippen LogP contribution < -0.4 is 0 Å². The third-order valence-electron chi connectivity index (χ3n) is 2.80. The van der Waals surface area contributed by atoms with Gasteiger partial charge in [-0.25, -0.2) is 0 Å². The molecule has 0 radical (unpaired) electrons. The summed E-state index contributed by atoms with van der Waals surface area (Å²) in [5.41, 5.74) is 0.574. The van der Waals surface area contributed by atoms with E-state index < -0.39 is 0 Å². The highest BCUT2D eigenvalue weighted by molar-refractivity contribution is 6.57. The van der Waals surface area contributed by atoms with Gasteiger partial charge in [0.15, 0.2) is 11.2 Å². The Labute approximate surface area is 148 Å². The highest BCUT2D eigenvalue weighted by Gasteiger charge is 2.24. The van der Waals surface area contributed by atoms with E-state index in [2.05, 4.69) is 0 Å². The molecule has 3 aromatic rings. The zero-order chi connectivity index (χ0) is 14.8. The van der Waals surface area contributed by atoms with Crippen LogP contribution in [0.3, 0.4) is 0 Å². The van der Waals surface area contributed by atoms with Crippen molar-refractivity contribution in [1.29, 1.82) is 0 Å². The Bertz CT molecular complexity index is 881. The number of furan rings is 1. The lowest BCUT2D eigenvalue weighted by atomic mass is 10.1. The number of fused-ring (bicyclic) bond motifs is 3. The van der Waals surface area contributed by atoms with Crippen LogP contribution in [0.15, 0.2) is 10.5 Å². The van der Waals surface area contributed by atoms with Gasteiger partial charge in [0.1, 0.15) is 5.02 Å². The smallest absolute Gasteiger partial charge is 0.157 e. The molecule has 0 amide bonds. The summed E-state index contributed by atoms with van der Waals surface area (Å²) in [6, 6.07) is 1.47. The molecule has 0 atom stereocenters. The highest BCUT2D eigenvalue weighted by Crippen LogP contribution is 2.50. The molecule has 0 spiro atoms. The summed E-state index contributed by atoms with van der Waals surface area (Å²) in [6.07, 6.45) is 0. The Balaban J connectivity index is 2.72. The molecule has 0 aliphatic heterocycles. The zero-order valence-electron chi connectivity index (χ0n) is 9.13. The molecule has 1 heterocycles. The fourth-order valence-corrected chi connectivity index (χ4v) is 3.64. The average molecular weight is 409 g/mol. The molecule has 104 valence electrons. The standard InChI is InChI=1S/C12HCl7O/c13-2-1-3(14)11-4(6(2)15)5-7(16)8(17)9(18)10(19)12(5)20-11/h1H. The van der Waals surface area contributed by atoms with Gasteiger partial charge in [-0.05, 0) is 6.07 Å². The van der Waals surface area contributed by atoms with Gasteiger partial charge in [0.2, 0.25) is 0 Å². The predicted octanol–water partition coefficient (Wildman–Crippen LogP) is 8.16. The van der Waals surface area contributed by atoms with E-state index in [1.54, 1.807) is 0 Å². The maximum atomic E-state index is 6.22. The van der Waals surface area contributed by atoms with Gasteiger partial charge in [0.25, 0.3) is 0 Å². The molecule has 0 unspecified atom stereocenters. The average Bonchev–Trinajstić information content (AvgIpc) is 2.81. The molecule has 0 saturated carbocycles. The Hall–Kier alpha value is 0.270. The van der Waals surface area contributed by atoms with Crippen LogP contribution in [0.4, 0.5) is 0 Å². The van der Waals surface area contributed by atoms with Crippen molar-refractivity contribution in [2.75, 3.05) is 0 Å². The van der Waals surface area contributed by atoms with Crippen molar-refractivity contribution in [3.63, 3.8) is 0 Å². The van der Waals surface area contributed by atoms with Crippen LogP contribution in [0.25, 0.3) is 21.9 Å². The van der Waals surface area contributed by atoms with Crippen LogP contribution in [0, 0.1) is 0 Å². The second kappa shape index (κ2) is 5.17. The number of rotatable bonds is 0. The number of hydrogen-bond donors (Lipinski definition) is 0. The Morgan fingerprint density at radius 1 is 0.550 bits per heavy atom. The van der Waals surface area contributed by atoms with Crippen molar-refractivity contribution in [2.24, 2.45) is 0 Å². The van der Waals surface area contributed by atoms with Crippen LogP contribution in [0.2, 0.25) is 35.2 Å². The van der Waals surface area contributed by atoms with E-state index in [1.807, 2.05) is 0 Å². The molecule has 0 aliphatic rings. The van der Waals surface area contributed by atoms with E-state index in [1.165, 1.54) is 6.07 Å². The summed E-state index contributed by atoms with van der Waals surface area (Å²) >= 11 is 42.7. The third kappa shape index (κ3) is 1.99. The molecule has 8 heteroatoms.